The summed E-state index contributed by atoms with van der Waals surface area (Å²) in [5, 5.41) is 21.0. The fourth-order valence-electron chi connectivity index (χ4n) is 3.08. The molecule has 1 N–H and O–H groups in total. The van der Waals surface area contributed by atoms with Crippen molar-refractivity contribution in [1.82, 2.24) is 25.2 Å². The number of pyridine rings is 1. The molecule has 1 fully saturated rings. The van der Waals surface area contributed by atoms with Gasteiger partial charge in [-0.25, -0.2) is 4.39 Å². The van der Waals surface area contributed by atoms with Crippen molar-refractivity contribution >= 4 is 12.0 Å². The van der Waals surface area contributed by atoms with E-state index in [0.29, 0.717) is 41.2 Å². The van der Waals surface area contributed by atoms with Crippen molar-refractivity contribution in [3.8, 4) is 22.6 Å². The van der Waals surface area contributed by atoms with Crippen molar-refractivity contribution in [2.24, 2.45) is 7.05 Å². The van der Waals surface area contributed by atoms with Gasteiger partial charge in [-0.1, -0.05) is 6.07 Å². The quantitative estimate of drug-likeness (QED) is 0.644. The number of aldehydes is 1. The van der Waals surface area contributed by atoms with E-state index < -0.39 is 18.1 Å². The molecule has 0 radical (unpaired) electrons. The maximum atomic E-state index is 14.8. The van der Waals surface area contributed by atoms with Gasteiger partial charge in [-0.3, -0.25) is 9.78 Å². The smallest absolute Gasteiger partial charge is 0.223 e. The zero-order chi connectivity index (χ0) is 19.7. The zero-order valence-corrected chi connectivity index (χ0v) is 14.9. The Morgan fingerprint density at radius 1 is 1.36 bits per heavy atom. The number of hydrogen-bond donors (Lipinski definition) is 1. The Balaban J connectivity index is 1.59. The number of hydrogen-bond acceptors (Lipinski definition) is 8. The van der Waals surface area contributed by atoms with Gasteiger partial charge in [-0.2, -0.15) is 4.80 Å². The maximum Gasteiger partial charge on any atom is 0.223 e. The van der Waals surface area contributed by atoms with E-state index in [0.717, 1.165) is 0 Å². The Labute approximate surface area is 159 Å². The molecule has 0 amide bonds. The molecule has 144 valence electrons. The Kier molecular flexibility index (Phi) is 4.80. The molecule has 1 aromatic carbocycles. The molecule has 28 heavy (non-hydrogen) atoms. The number of aromatic nitrogens is 5. The van der Waals surface area contributed by atoms with Crippen molar-refractivity contribution in [2.45, 2.75) is 12.3 Å². The van der Waals surface area contributed by atoms with Gasteiger partial charge in [0.1, 0.15) is 17.6 Å². The first-order valence-electron chi connectivity index (χ1n) is 8.57. The van der Waals surface area contributed by atoms with Gasteiger partial charge in [0, 0.05) is 29.6 Å². The second kappa shape index (κ2) is 7.41. The highest BCUT2D eigenvalue weighted by atomic mass is 19.1. The highest BCUT2D eigenvalue weighted by Gasteiger charge is 2.32. The summed E-state index contributed by atoms with van der Waals surface area (Å²) in [5.41, 5.74) is 2.00. The molecule has 3 aromatic rings. The van der Waals surface area contributed by atoms with E-state index in [1.165, 1.54) is 10.9 Å². The summed E-state index contributed by atoms with van der Waals surface area (Å²) in [4.78, 5) is 18.4. The second-order valence-corrected chi connectivity index (χ2v) is 6.32. The molecule has 10 heteroatoms. The molecule has 0 saturated carbocycles. The normalized spacial score (nSPS) is 19.2. The van der Waals surface area contributed by atoms with Crippen LogP contribution in [0.25, 0.3) is 22.6 Å². The number of anilines is 1. The Bertz CT molecular complexity index is 993. The van der Waals surface area contributed by atoms with Crippen LogP contribution >= 0.6 is 0 Å². The van der Waals surface area contributed by atoms with Crippen LogP contribution in [-0.2, 0) is 16.6 Å². The lowest BCUT2D eigenvalue weighted by Gasteiger charge is -2.21. The van der Waals surface area contributed by atoms with Crippen LogP contribution in [0, 0.1) is 5.82 Å². The summed E-state index contributed by atoms with van der Waals surface area (Å²) >= 11 is 0. The molecule has 1 saturated heterocycles. The molecule has 9 nitrogen and oxygen atoms in total. The third-order valence-corrected chi connectivity index (χ3v) is 4.46. The molecular formula is C18H17FN6O3. The van der Waals surface area contributed by atoms with E-state index in [2.05, 4.69) is 20.4 Å². The van der Waals surface area contributed by atoms with Gasteiger partial charge in [0.25, 0.3) is 0 Å². The average Bonchev–Trinajstić information content (AvgIpc) is 3.34. The molecule has 2 atom stereocenters. The number of aliphatic hydroxyl groups excluding tert-OH is 1. The predicted octanol–water partition coefficient (Wildman–Crippen LogP) is 0.801. The number of carbonyl (C=O) groups excluding carboxylic acids is 1. The largest absolute Gasteiger partial charge is 0.394 e. The zero-order valence-electron chi connectivity index (χ0n) is 14.9. The number of nitrogens with zero attached hydrogens (tertiary/aromatic N) is 6. The van der Waals surface area contributed by atoms with E-state index in [1.807, 2.05) is 0 Å². The predicted molar refractivity (Wildman–Crippen MR) is 96.6 cm³/mol. The fraction of sp³-hybridized carbons (Fsp3) is 0.278. The summed E-state index contributed by atoms with van der Waals surface area (Å²) in [6, 6.07) is 8.09. The summed E-state index contributed by atoms with van der Waals surface area (Å²) in [6.45, 7) is 0.0974. The first-order chi connectivity index (χ1) is 13.6. The van der Waals surface area contributed by atoms with Crippen molar-refractivity contribution < 1.29 is 19.0 Å². The van der Waals surface area contributed by atoms with E-state index in [1.54, 1.807) is 42.4 Å². The summed E-state index contributed by atoms with van der Waals surface area (Å²) in [5.74, 6) is -0.0704. The van der Waals surface area contributed by atoms with Crippen molar-refractivity contribution in [1.29, 1.82) is 0 Å². The standard InChI is InChI=1S/C18H17FN6O3/c1-24-22-18(21-23-24)16-5-2-11(7-20-16)14-4-3-12(6-15(14)19)25-8-13(9-26)28-17(25)10-27/h2-7,10,13,17,26H,8-9H2,1H3/t13-,17?/m1/s1. The van der Waals surface area contributed by atoms with Crippen LogP contribution in [0.1, 0.15) is 0 Å². The third-order valence-electron chi connectivity index (χ3n) is 4.46. The first-order valence-corrected chi connectivity index (χ1v) is 8.57. The average molecular weight is 384 g/mol. The Morgan fingerprint density at radius 2 is 2.21 bits per heavy atom. The van der Waals surface area contributed by atoms with Gasteiger partial charge in [0.05, 0.1) is 13.7 Å². The molecule has 2 aromatic heterocycles. The number of carbonyl (C=O) groups is 1. The fourth-order valence-corrected chi connectivity index (χ4v) is 3.08. The van der Waals surface area contributed by atoms with Gasteiger partial charge < -0.3 is 14.7 Å². The SMILES string of the molecule is Cn1nnc(-c2ccc(-c3ccc(N4C[C@H](CO)OC4C=O)cc3F)cn2)n1. The molecule has 1 aliphatic rings. The van der Waals surface area contributed by atoms with Gasteiger partial charge in [0.2, 0.25) is 5.82 Å². The minimum Gasteiger partial charge on any atom is -0.394 e. The second-order valence-electron chi connectivity index (χ2n) is 6.32. The third kappa shape index (κ3) is 3.35. The minimum absolute atomic E-state index is 0.208. The van der Waals surface area contributed by atoms with Crippen LogP contribution in [-0.4, -0.2) is 62.1 Å². The van der Waals surface area contributed by atoms with Crippen LogP contribution in [0.4, 0.5) is 10.1 Å². The molecule has 0 bridgehead atoms. The summed E-state index contributed by atoms with van der Waals surface area (Å²) in [7, 11) is 1.66. The number of halogens is 1. The van der Waals surface area contributed by atoms with Crippen molar-refractivity contribution in [3.63, 3.8) is 0 Å². The summed E-state index contributed by atoms with van der Waals surface area (Å²) in [6.07, 6.45) is 0.843. The first kappa shape index (κ1) is 18.1. The number of tetrazole rings is 1. The van der Waals surface area contributed by atoms with Crippen molar-refractivity contribution in [3.05, 3.63) is 42.3 Å². The molecule has 3 heterocycles. The minimum atomic E-state index is -0.845. The monoisotopic (exact) mass is 384 g/mol. The number of aliphatic hydroxyl groups is 1. The van der Waals surface area contributed by atoms with E-state index >= 15 is 0 Å². The number of aryl methyl sites for hydroxylation is 1. The van der Waals surface area contributed by atoms with Crippen LogP contribution in [0.15, 0.2) is 36.5 Å². The lowest BCUT2D eigenvalue weighted by atomic mass is 10.1. The van der Waals surface area contributed by atoms with Gasteiger partial charge in [0.15, 0.2) is 12.5 Å². The number of ether oxygens (including phenoxy) is 1. The topological polar surface area (TPSA) is 106 Å². The van der Waals surface area contributed by atoms with Gasteiger partial charge >= 0.3 is 0 Å². The van der Waals surface area contributed by atoms with Crippen LogP contribution in [0.2, 0.25) is 0 Å². The van der Waals surface area contributed by atoms with Gasteiger partial charge in [-0.15, -0.1) is 10.2 Å². The Hall–Kier alpha value is -3.24. The summed E-state index contributed by atoms with van der Waals surface area (Å²) < 4.78 is 20.2. The molecule has 4 rings (SSSR count). The molecule has 1 aliphatic heterocycles. The van der Waals surface area contributed by atoms with Crippen LogP contribution in [0.3, 0.4) is 0 Å². The van der Waals surface area contributed by atoms with Crippen LogP contribution < -0.4 is 4.90 Å². The maximum absolute atomic E-state index is 14.8. The van der Waals surface area contributed by atoms with Gasteiger partial charge in [-0.05, 0) is 29.5 Å². The molecular weight excluding hydrogens is 367 g/mol. The van der Waals surface area contributed by atoms with Crippen molar-refractivity contribution in [2.75, 3.05) is 18.1 Å². The molecule has 1 unspecified atom stereocenters. The number of benzene rings is 1. The Morgan fingerprint density at radius 3 is 2.82 bits per heavy atom. The molecule has 0 spiro atoms. The lowest BCUT2D eigenvalue weighted by molar-refractivity contribution is -0.117. The van der Waals surface area contributed by atoms with E-state index in [-0.39, 0.29) is 6.61 Å². The lowest BCUT2D eigenvalue weighted by Crippen LogP contribution is -2.31. The van der Waals surface area contributed by atoms with Crippen LogP contribution in [0.5, 0.6) is 0 Å². The number of rotatable bonds is 5. The van der Waals surface area contributed by atoms with E-state index in [9.17, 15) is 14.3 Å². The highest BCUT2D eigenvalue weighted by molar-refractivity contribution is 5.70. The van der Waals surface area contributed by atoms with E-state index in [4.69, 9.17) is 4.74 Å². The highest BCUT2D eigenvalue weighted by Crippen LogP contribution is 2.30. The molecule has 0 aliphatic carbocycles.